The van der Waals surface area contributed by atoms with Crippen LogP contribution < -0.4 is 0 Å². The van der Waals surface area contributed by atoms with Gasteiger partial charge >= 0.3 is 0 Å². The molecule has 0 saturated heterocycles. The van der Waals surface area contributed by atoms with Crippen molar-refractivity contribution < 1.29 is 0 Å². The van der Waals surface area contributed by atoms with E-state index in [1.54, 1.807) is 11.3 Å². The topological polar surface area (TPSA) is 40.0 Å². The summed E-state index contributed by atoms with van der Waals surface area (Å²) < 4.78 is 9.45. The summed E-state index contributed by atoms with van der Waals surface area (Å²) in [5, 5.41) is 13.5. The summed E-state index contributed by atoms with van der Waals surface area (Å²) in [6.45, 7) is 0. The Kier molecular flexibility index (Phi) is 5.34. The van der Waals surface area contributed by atoms with Crippen LogP contribution in [-0.4, -0.2) is 23.5 Å². The van der Waals surface area contributed by atoms with Gasteiger partial charge in [-0.3, -0.25) is 9.13 Å². The van der Waals surface area contributed by atoms with Gasteiger partial charge in [-0.2, -0.15) is 4.98 Å². The van der Waals surface area contributed by atoms with Gasteiger partial charge in [0.25, 0.3) is 0 Å². The highest BCUT2D eigenvalue weighted by molar-refractivity contribution is 7.26. The van der Waals surface area contributed by atoms with Crippen LogP contribution in [0.25, 0.3) is 125 Å². The van der Waals surface area contributed by atoms with Crippen molar-refractivity contribution in [1.82, 2.24) is 23.5 Å². The number of benzene rings is 8. The van der Waals surface area contributed by atoms with Gasteiger partial charge in [-0.05, 0) is 59.3 Å². The monoisotopic (exact) mass is 729 g/mol. The molecule has 0 bridgehead atoms. The fourth-order valence-corrected chi connectivity index (χ4v) is 11.0. The molecule has 0 radical (unpaired) electrons. The molecule has 0 aliphatic rings. The summed E-state index contributed by atoms with van der Waals surface area (Å²) in [6.07, 6.45) is 0. The maximum atomic E-state index is 5.69. The Labute approximate surface area is 321 Å². The summed E-state index contributed by atoms with van der Waals surface area (Å²) >= 11 is 1.77. The van der Waals surface area contributed by atoms with Gasteiger partial charge in [0.05, 0.1) is 48.8 Å². The van der Waals surface area contributed by atoms with E-state index in [1.807, 2.05) is 0 Å². The molecule has 6 heterocycles. The lowest BCUT2D eigenvalue weighted by Gasteiger charge is -2.12. The fraction of sp³-hybridized carbons (Fsp3) is 0. The number of rotatable bonds is 2. The predicted octanol–water partition coefficient (Wildman–Crippen LogP) is 13.3. The second kappa shape index (κ2) is 10.3. The normalized spacial score (nSPS) is 12.6. The van der Waals surface area contributed by atoms with Crippen LogP contribution in [0.2, 0.25) is 0 Å². The van der Waals surface area contributed by atoms with Crippen molar-refractivity contribution in [3.63, 3.8) is 0 Å². The third kappa shape index (κ3) is 3.51. The molecule has 8 aromatic carbocycles. The van der Waals surface area contributed by atoms with Crippen molar-refractivity contribution in [2.45, 2.75) is 0 Å². The van der Waals surface area contributed by atoms with Crippen LogP contribution >= 0.6 is 11.3 Å². The molecule has 0 unspecified atom stereocenters. The maximum Gasteiger partial charge on any atom is 0.237 e. The van der Waals surface area contributed by atoms with E-state index in [-0.39, 0.29) is 0 Å². The van der Waals surface area contributed by atoms with Crippen LogP contribution in [0.3, 0.4) is 0 Å². The average Bonchev–Trinajstić information content (AvgIpc) is 4.04. The molecule has 14 rings (SSSR count). The van der Waals surface area contributed by atoms with Crippen molar-refractivity contribution in [3.05, 3.63) is 164 Å². The van der Waals surface area contributed by atoms with Crippen LogP contribution in [0, 0.1) is 0 Å². The van der Waals surface area contributed by atoms with E-state index in [9.17, 15) is 0 Å². The van der Waals surface area contributed by atoms with Crippen LogP contribution in [-0.2, 0) is 0 Å². The Balaban J connectivity index is 1.20. The van der Waals surface area contributed by atoms with E-state index in [0.717, 1.165) is 43.5 Å². The van der Waals surface area contributed by atoms with Gasteiger partial charge in [0.1, 0.15) is 0 Å². The molecule has 6 heteroatoms. The third-order valence-corrected chi connectivity index (χ3v) is 13.3. The molecule has 0 saturated carbocycles. The highest BCUT2D eigenvalue weighted by Gasteiger charge is 2.27. The van der Waals surface area contributed by atoms with E-state index < -0.39 is 0 Å². The molecule has 0 N–H and O–H groups in total. The molecule has 0 spiro atoms. The Hall–Kier alpha value is -7.28. The zero-order chi connectivity index (χ0) is 36.2. The van der Waals surface area contributed by atoms with Gasteiger partial charge in [-0.1, -0.05) is 115 Å². The van der Waals surface area contributed by atoms with Gasteiger partial charge in [0, 0.05) is 53.2 Å². The molecule has 258 valence electrons. The van der Waals surface area contributed by atoms with Crippen molar-refractivity contribution in [2.75, 3.05) is 0 Å². The van der Waals surface area contributed by atoms with Gasteiger partial charge in [0.15, 0.2) is 5.82 Å². The Morgan fingerprint density at radius 2 is 0.964 bits per heavy atom. The highest BCUT2D eigenvalue weighted by atomic mass is 32.1. The number of thiophene rings is 1. The minimum Gasteiger partial charge on any atom is -0.308 e. The molecule has 0 amide bonds. The third-order valence-electron chi connectivity index (χ3n) is 12.1. The highest BCUT2D eigenvalue weighted by Crippen LogP contribution is 2.48. The van der Waals surface area contributed by atoms with Crippen molar-refractivity contribution in [1.29, 1.82) is 0 Å². The summed E-state index contributed by atoms with van der Waals surface area (Å²) in [5.74, 6) is 1.56. The quantitative estimate of drug-likeness (QED) is 0.178. The molecule has 14 aromatic rings. The van der Waals surface area contributed by atoms with Crippen molar-refractivity contribution in [2.24, 2.45) is 0 Å². The van der Waals surface area contributed by atoms with Crippen LogP contribution in [0.5, 0.6) is 0 Å². The molecule has 0 aliphatic carbocycles. The lowest BCUT2D eigenvalue weighted by atomic mass is 10.0. The molecule has 0 aliphatic heterocycles. The van der Waals surface area contributed by atoms with E-state index in [4.69, 9.17) is 9.97 Å². The van der Waals surface area contributed by atoms with Crippen LogP contribution in [0.4, 0.5) is 0 Å². The van der Waals surface area contributed by atoms with Crippen molar-refractivity contribution >= 4 is 124 Å². The summed E-state index contributed by atoms with van der Waals surface area (Å²) in [6, 6.07) is 59.5. The first kappa shape index (κ1) is 29.1. The molecular formula is C50H27N5S. The van der Waals surface area contributed by atoms with Crippen LogP contribution in [0.15, 0.2) is 164 Å². The van der Waals surface area contributed by atoms with E-state index in [0.29, 0.717) is 5.95 Å². The zero-order valence-corrected chi connectivity index (χ0v) is 30.5. The maximum absolute atomic E-state index is 5.69. The number of fused-ring (bicyclic) bond motifs is 17. The number of para-hydroxylation sites is 4. The number of nitrogens with zero attached hydrogens (tertiary/aromatic N) is 5. The van der Waals surface area contributed by atoms with E-state index >= 15 is 0 Å². The molecular weight excluding hydrogens is 703 g/mol. The minimum absolute atomic E-state index is 0.663. The standard InChI is InChI=1S/C50H27N5S/c1-2-14-29-26-41-35(25-28(29)13-1)36-27-42-44(45-33-18-6-10-22-39(33)53(41)47(36)45)32-17-5-11-23-40(32)55(42)50-51-46-34-19-7-12-24-43(34)56-48(46)49(52-50)54-37-20-8-3-15-30(37)31-16-4-9-21-38(31)54/h1-27H. The number of hydrogen-bond acceptors (Lipinski definition) is 3. The first-order valence-electron chi connectivity index (χ1n) is 19.0. The average molecular weight is 730 g/mol. The first-order valence-corrected chi connectivity index (χ1v) is 19.8. The largest absolute Gasteiger partial charge is 0.308 e. The summed E-state index contributed by atoms with van der Waals surface area (Å²) in [4.78, 5) is 11.2. The lowest BCUT2D eigenvalue weighted by molar-refractivity contribution is 0.977. The fourth-order valence-electron chi connectivity index (χ4n) is 9.88. The first-order chi connectivity index (χ1) is 27.8. The summed E-state index contributed by atoms with van der Waals surface area (Å²) in [5.41, 5.74) is 9.13. The molecule has 5 nitrogen and oxygen atoms in total. The van der Waals surface area contributed by atoms with Gasteiger partial charge in [-0.25, -0.2) is 4.98 Å². The zero-order valence-electron chi connectivity index (χ0n) is 29.7. The Morgan fingerprint density at radius 3 is 1.70 bits per heavy atom. The second-order valence-corrected chi connectivity index (χ2v) is 16.0. The minimum atomic E-state index is 0.663. The molecule has 56 heavy (non-hydrogen) atoms. The Morgan fingerprint density at radius 1 is 0.393 bits per heavy atom. The SMILES string of the molecule is c1ccc2cc3c(cc2c1)c1cc2c(c4ccccc4n2-c2nc(-n4c5ccccc5c5ccccc54)c4sc5ccccc5c4n2)c2c4ccccc4n3c12. The van der Waals surface area contributed by atoms with Gasteiger partial charge in [0.2, 0.25) is 5.95 Å². The number of aromatic nitrogens is 5. The molecule has 0 atom stereocenters. The summed E-state index contributed by atoms with van der Waals surface area (Å²) in [7, 11) is 0. The van der Waals surface area contributed by atoms with E-state index in [1.165, 1.54) is 75.1 Å². The van der Waals surface area contributed by atoms with Gasteiger partial charge in [-0.15, -0.1) is 11.3 Å². The second-order valence-electron chi connectivity index (χ2n) is 15.0. The number of hydrogen-bond donors (Lipinski definition) is 0. The Bertz CT molecular complexity index is 3960. The predicted molar refractivity (Wildman–Crippen MR) is 236 cm³/mol. The van der Waals surface area contributed by atoms with Crippen molar-refractivity contribution in [3.8, 4) is 11.8 Å². The van der Waals surface area contributed by atoms with Crippen LogP contribution in [0.1, 0.15) is 0 Å². The smallest absolute Gasteiger partial charge is 0.237 e. The lowest BCUT2D eigenvalue weighted by Crippen LogP contribution is -2.06. The molecule has 0 fully saturated rings. The van der Waals surface area contributed by atoms with E-state index in [2.05, 4.69) is 177 Å². The molecule has 6 aromatic heterocycles. The van der Waals surface area contributed by atoms with Gasteiger partial charge < -0.3 is 4.40 Å².